The first-order chi connectivity index (χ1) is 17.4. The molecule has 1 saturated heterocycles. The Morgan fingerprint density at radius 3 is 2.50 bits per heavy atom. The Hall–Kier alpha value is -3.86. The van der Waals surface area contributed by atoms with Crippen LogP contribution in [-0.4, -0.2) is 55.2 Å². The average molecular weight is 511 g/mol. The Morgan fingerprint density at radius 2 is 1.78 bits per heavy atom. The smallest absolute Gasteiger partial charge is 0.323 e. The zero-order valence-corrected chi connectivity index (χ0v) is 20.7. The predicted molar refractivity (Wildman–Crippen MR) is 138 cm³/mol. The summed E-state index contributed by atoms with van der Waals surface area (Å²) in [6.07, 6.45) is 1.50. The number of ether oxygens (including phenoxy) is 1. The highest BCUT2D eigenvalue weighted by atomic mass is 35.5. The molecule has 11 heteroatoms. The Labute approximate surface area is 213 Å². The number of nitrogens with one attached hydrogen (secondary N) is 4. The maximum Gasteiger partial charge on any atom is 0.323 e. The number of nitrogens with zero attached hydrogens (tertiary/aromatic N) is 2. The van der Waals surface area contributed by atoms with Crippen molar-refractivity contribution < 1.29 is 19.2 Å². The summed E-state index contributed by atoms with van der Waals surface area (Å²) >= 11 is 6.30. The maximum atomic E-state index is 12.7. The molecule has 1 aromatic heterocycles. The molecule has 36 heavy (non-hydrogen) atoms. The molecule has 0 radical (unpaired) electrons. The number of aryl methyl sites for hydroxylation is 1. The van der Waals surface area contributed by atoms with E-state index in [2.05, 4.69) is 26.3 Å². The van der Waals surface area contributed by atoms with Gasteiger partial charge in [-0.25, -0.2) is 4.79 Å². The van der Waals surface area contributed by atoms with E-state index in [-0.39, 0.29) is 11.6 Å². The molecule has 4 N–H and O–H groups in total. The van der Waals surface area contributed by atoms with Gasteiger partial charge in [0.25, 0.3) is 5.91 Å². The third-order valence-electron chi connectivity index (χ3n) is 5.35. The zero-order chi connectivity index (χ0) is 25.5. The van der Waals surface area contributed by atoms with Crippen molar-refractivity contribution in [2.45, 2.75) is 6.92 Å². The molecule has 4 rings (SSSR count). The number of hydrogen-bond acceptors (Lipinski definition) is 7. The van der Waals surface area contributed by atoms with Gasteiger partial charge in [-0.3, -0.25) is 9.78 Å². The number of anilines is 2. The lowest BCUT2D eigenvalue weighted by Crippen LogP contribution is -2.45. The normalized spacial score (nSPS) is 13.5. The van der Waals surface area contributed by atoms with Gasteiger partial charge in [-0.2, -0.15) is 0 Å². The second-order valence-corrected chi connectivity index (χ2v) is 8.44. The van der Waals surface area contributed by atoms with Crippen molar-refractivity contribution in [1.82, 2.24) is 20.7 Å². The minimum Gasteiger partial charge on any atom is -0.457 e. The molecule has 188 valence electrons. The summed E-state index contributed by atoms with van der Waals surface area (Å²) < 4.78 is 5.80. The average Bonchev–Trinajstić information content (AvgIpc) is 2.88. The number of rotatable bonds is 7. The Kier molecular flexibility index (Phi) is 8.21. The van der Waals surface area contributed by atoms with E-state index < -0.39 is 6.03 Å². The highest BCUT2D eigenvalue weighted by Crippen LogP contribution is 2.32. The molecule has 10 nitrogen and oxygen atoms in total. The lowest BCUT2D eigenvalue weighted by Gasteiger charge is -2.28. The van der Waals surface area contributed by atoms with Crippen LogP contribution in [0, 0.1) is 6.92 Å². The van der Waals surface area contributed by atoms with Crippen LogP contribution in [0.25, 0.3) is 0 Å². The molecule has 0 bridgehead atoms. The molecule has 1 aliphatic heterocycles. The largest absolute Gasteiger partial charge is 0.457 e. The Balaban J connectivity index is 1.39. The van der Waals surface area contributed by atoms with Gasteiger partial charge in [0.1, 0.15) is 17.2 Å². The number of hydrogen-bond donors (Lipinski definition) is 4. The Morgan fingerprint density at radius 1 is 1.03 bits per heavy atom. The topological polar surface area (TPSA) is 117 Å². The third-order valence-corrected chi connectivity index (χ3v) is 5.76. The summed E-state index contributed by atoms with van der Waals surface area (Å²) in [5.74, 6) is 1.18. The number of amides is 3. The fraction of sp³-hybridized carbons (Fsp3) is 0.240. The molecular weight excluding hydrogens is 484 g/mol. The fourth-order valence-electron chi connectivity index (χ4n) is 3.47. The van der Waals surface area contributed by atoms with Crippen molar-refractivity contribution in [2.75, 3.05) is 43.9 Å². The van der Waals surface area contributed by atoms with Crippen LogP contribution < -0.4 is 30.8 Å². The summed E-state index contributed by atoms with van der Waals surface area (Å²) in [5, 5.41) is 13.8. The van der Waals surface area contributed by atoms with Gasteiger partial charge in [-0.15, -0.1) is 5.06 Å². The van der Waals surface area contributed by atoms with Gasteiger partial charge in [-0.05, 0) is 48.9 Å². The number of hydroxylamine groups is 2. The van der Waals surface area contributed by atoms with Gasteiger partial charge in [0.2, 0.25) is 0 Å². The molecule has 0 aliphatic carbocycles. The van der Waals surface area contributed by atoms with Crippen molar-refractivity contribution >= 4 is 34.9 Å². The first-order valence-corrected chi connectivity index (χ1v) is 11.8. The maximum absolute atomic E-state index is 12.7. The minimum atomic E-state index is -0.431. The minimum absolute atomic E-state index is 0.252. The molecule has 2 aromatic carbocycles. The molecule has 0 saturated carbocycles. The molecule has 1 fully saturated rings. The molecule has 3 aromatic rings. The molecule has 2 heterocycles. The standard InChI is InChI=1S/C25H27ClN6O4/c1-16-13-21(23(15-20(16)26)36-32-11-9-28-10-12-32)31-25(34)30-17-3-5-18(6-4-17)35-19-7-8-29-22(14-19)24(33)27-2/h3-8,13-15,28H,9-12H2,1-2H3,(H,27,33)(H2,30,31,34). The number of urea groups is 1. The molecule has 0 unspecified atom stereocenters. The molecular formula is C25H27ClN6O4. The predicted octanol–water partition coefficient (Wildman–Crippen LogP) is 4.04. The lowest BCUT2D eigenvalue weighted by atomic mass is 10.2. The van der Waals surface area contributed by atoms with E-state index in [0.29, 0.717) is 33.6 Å². The third kappa shape index (κ3) is 6.63. The summed E-state index contributed by atoms with van der Waals surface area (Å²) in [4.78, 5) is 34.5. The summed E-state index contributed by atoms with van der Waals surface area (Å²) in [6, 6.07) is 13.1. The lowest BCUT2D eigenvalue weighted by molar-refractivity contribution is -0.0657. The number of pyridine rings is 1. The van der Waals surface area contributed by atoms with Crippen molar-refractivity contribution in [3.8, 4) is 17.2 Å². The first-order valence-electron chi connectivity index (χ1n) is 11.4. The van der Waals surface area contributed by atoms with Gasteiger partial charge in [0, 0.05) is 62.3 Å². The van der Waals surface area contributed by atoms with Gasteiger partial charge >= 0.3 is 6.03 Å². The SMILES string of the molecule is CNC(=O)c1cc(Oc2ccc(NC(=O)Nc3cc(C)c(Cl)cc3ON3CCNCC3)cc2)ccn1. The quantitative estimate of drug-likeness (QED) is 0.379. The second kappa shape index (κ2) is 11.7. The number of carbonyl (C=O) groups excluding carboxylic acids is 2. The van der Waals surface area contributed by atoms with E-state index >= 15 is 0 Å². The molecule has 0 spiro atoms. The van der Waals surface area contributed by atoms with E-state index in [9.17, 15) is 9.59 Å². The number of piperazine rings is 1. The van der Waals surface area contributed by atoms with Crippen LogP contribution >= 0.6 is 11.6 Å². The van der Waals surface area contributed by atoms with E-state index in [1.165, 1.54) is 13.2 Å². The summed E-state index contributed by atoms with van der Waals surface area (Å²) in [7, 11) is 1.54. The Bertz CT molecular complexity index is 1230. The van der Waals surface area contributed by atoms with E-state index in [1.54, 1.807) is 48.5 Å². The van der Waals surface area contributed by atoms with E-state index in [4.69, 9.17) is 21.2 Å². The zero-order valence-electron chi connectivity index (χ0n) is 19.9. The van der Waals surface area contributed by atoms with Crippen LogP contribution in [0.1, 0.15) is 16.1 Å². The van der Waals surface area contributed by atoms with Crippen molar-refractivity contribution in [3.05, 3.63) is 71.0 Å². The molecule has 3 amide bonds. The molecule has 0 atom stereocenters. The summed E-state index contributed by atoms with van der Waals surface area (Å²) in [6.45, 7) is 4.94. The van der Waals surface area contributed by atoms with Crippen LogP contribution in [0.4, 0.5) is 16.2 Å². The second-order valence-electron chi connectivity index (χ2n) is 8.03. The number of halogens is 1. The van der Waals surface area contributed by atoms with Crippen molar-refractivity contribution in [3.63, 3.8) is 0 Å². The number of benzene rings is 2. The van der Waals surface area contributed by atoms with Crippen LogP contribution in [0.15, 0.2) is 54.7 Å². The first kappa shape index (κ1) is 25.2. The van der Waals surface area contributed by atoms with Crippen LogP contribution in [-0.2, 0) is 0 Å². The fourth-order valence-corrected chi connectivity index (χ4v) is 3.62. The highest BCUT2D eigenvalue weighted by Gasteiger charge is 2.17. The van der Waals surface area contributed by atoms with Gasteiger partial charge < -0.3 is 30.8 Å². The monoisotopic (exact) mass is 510 g/mol. The molecule has 1 aliphatic rings. The van der Waals surface area contributed by atoms with Gasteiger partial charge in [-0.1, -0.05) is 11.6 Å². The summed E-state index contributed by atoms with van der Waals surface area (Å²) in [5.41, 5.74) is 2.15. The van der Waals surface area contributed by atoms with Crippen molar-refractivity contribution in [1.29, 1.82) is 0 Å². The van der Waals surface area contributed by atoms with Crippen LogP contribution in [0.5, 0.6) is 17.2 Å². The highest BCUT2D eigenvalue weighted by molar-refractivity contribution is 6.31. The van der Waals surface area contributed by atoms with Crippen LogP contribution in [0.3, 0.4) is 0 Å². The van der Waals surface area contributed by atoms with Crippen molar-refractivity contribution in [2.24, 2.45) is 0 Å². The van der Waals surface area contributed by atoms with E-state index in [1.807, 2.05) is 12.0 Å². The van der Waals surface area contributed by atoms with Crippen LogP contribution in [0.2, 0.25) is 5.02 Å². The number of carbonyl (C=O) groups is 2. The number of aromatic nitrogens is 1. The van der Waals surface area contributed by atoms with E-state index in [0.717, 1.165) is 31.7 Å². The van der Waals surface area contributed by atoms with Gasteiger partial charge in [0.15, 0.2) is 5.75 Å². The van der Waals surface area contributed by atoms with Gasteiger partial charge in [0.05, 0.1) is 5.69 Å².